The fourth-order valence-corrected chi connectivity index (χ4v) is 5.28. The fraction of sp³-hybridized carbons (Fsp3) is 0.444. The first-order valence-electron chi connectivity index (χ1n) is 12.6. The van der Waals surface area contributed by atoms with Gasteiger partial charge in [-0.05, 0) is 44.9 Å². The van der Waals surface area contributed by atoms with Crippen LogP contribution in [-0.2, 0) is 0 Å². The van der Waals surface area contributed by atoms with Crippen LogP contribution in [0.25, 0.3) is 11.3 Å². The number of aliphatic hydroxyl groups excluding tert-OH is 1. The molecule has 0 aliphatic carbocycles. The van der Waals surface area contributed by atoms with E-state index in [-0.39, 0.29) is 12.6 Å². The van der Waals surface area contributed by atoms with E-state index in [1.54, 1.807) is 0 Å². The average Bonchev–Trinajstić information content (AvgIpc) is 3.50. The molecule has 5 rings (SSSR count). The predicted octanol–water partition coefficient (Wildman–Crippen LogP) is 3.79. The summed E-state index contributed by atoms with van der Waals surface area (Å²) in [7, 11) is 0. The number of hydrogen-bond acceptors (Lipinski definition) is 8. The van der Waals surface area contributed by atoms with Gasteiger partial charge in [-0.3, -0.25) is 4.90 Å². The molecule has 0 spiro atoms. The molecule has 4 heterocycles. The monoisotopic (exact) mass is 473 g/mol. The van der Waals surface area contributed by atoms with Gasteiger partial charge in [0.2, 0.25) is 5.95 Å². The van der Waals surface area contributed by atoms with Crippen LogP contribution >= 0.6 is 0 Å². The Kier molecular flexibility index (Phi) is 6.83. The number of pyridine rings is 1. The smallest absolute Gasteiger partial charge is 0.228 e. The highest BCUT2D eigenvalue weighted by Crippen LogP contribution is 2.35. The quantitative estimate of drug-likeness (QED) is 0.433. The zero-order valence-electron chi connectivity index (χ0n) is 20.7. The van der Waals surface area contributed by atoms with Crippen molar-refractivity contribution in [2.45, 2.75) is 51.4 Å². The van der Waals surface area contributed by atoms with Crippen LogP contribution in [0.4, 0.5) is 17.6 Å². The third-order valence-corrected chi connectivity index (χ3v) is 7.06. The summed E-state index contributed by atoms with van der Waals surface area (Å²) in [5.41, 5.74) is 3.03. The number of aromatic nitrogens is 3. The summed E-state index contributed by atoms with van der Waals surface area (Å²) >= 11 is 0. The van der Waals surface area contributed by atoms with Crippen molar-refractivity contribution >= 4 is 17.6 Å². The third kappa shape index (κ3) is 5.09. The highest BCUT2D eigenvalue weighted by Gasteiger charge is 2.45. The van der Waals surface area contributed by atoms with Crippen molar-refractivity contribution in [1.29, 1.82) is 0 Å². The van der Waals surface area contributed by atoms with Crippen LogP contribution in [0.5, 0.6) is 0 Å². The minimum atomic E-state index is 0.0487. The lowest BCUT2D eigenvalue weighted by atomic mass is 10.1. The number of nitrogens with zero attached hydrogens (tertiary/aromatic N) is 5. The first-order chi connectivity index (χ1) is 17.0. The first-order valence-corrected chi connectivity index (χ1v) is 12.6. The van der Waals surface area contributed by atoms with E-state index in [1.807, 2.05) is 42.6 Å². The van der Waals surface area contributed by atoms with Crippen molar-refractivity contribution in [3.05, 3.63) is 60.3 Å². The SMILES string of the molecule is CC(C)N1CC2C[C@H]1CN2c1nc(NCCO)cc(-c2ccnc(N[C@@H](C)c3ccccc3)c2)n1. The van der Waals surface area contributed by atoms with Gasteiger partial charge < -0.3 is 20.6 Å². The lowest BCUT2D eigenvalue weighted by Gasteiger charge is -2.36. The van der Waals surface area contributed by atoms with E-state index in [0.29, 0.717) is 24.7 Å². The van der Waals surface area contributed by atoms with Gasteiger partial charge in [-0.25, -0.2) is 9.97 Å². The third-order valence-electron chi connectivity index (χ3n) is 7.06. The number of nitrogens with one attached hydrogen (secondary N) is 2. The number of hydrogen-bond donors (Lipinski definition) is 3. The van der Waals surface area contributed by atoms with Gasteiger partial charge in [0, 0.05) is 61.6 Å². The van der Waals surface area contributed by atoms with Crippen LogP contribution < -0.4 is 15.5 Å². The van der Waals surface area contributed by atoms with E-state index in [1.165, 1.54) is 5.56 Å². The van der Waals surface area contributed by atoms with Crippen LogP contribution in [0, 0.1) is 0 Å². The Morgan fingerprint density at radius 1 is 1.00 bits per heavy atom. The Hall–Kier alpha value is -3.23. The van der Waals surface area contributed by atoms with Crippen LogP contribution in [0.3, 0.4) is 0 Å². The molecule has 1 aromatic carbocycles. The van der Waals surface area contributed by atoms with E-state index in [0.717, 1.165) is 48.4 Å². The van der Waals surface area contributed by atoms with Crippen molar-refractivity contribution in [2.24, 2.45) is 0 Å². The Balaban J connectivity index is 1.41. The van der Waals surface area contributed by atoms with Crippen LogP contribution in [0.1, 0.15) is 38.8 Å². The van der Waals surface area contributed by atoms with Crippen LogP contribution in [0.15, 0.2) is 54.7 Å². The summed E-state index contributed by atoms with van der Waals surface area (Å²) in [5, 5.41) is 16.1. The number of likely N-dealkylation sites (tertiary alicyclic amines) is 1. The molecule has 2 aliphatic rings. The van der Waals surface area contributed by atoms with E-state index in [4.69, 9.17) is 9.97 Å². The number of rotatable bonds is 9. The number of benzene rings is 1. The topological polar surface area (TPSA) is 89.4 Å². The van der Waals surface area contributed by atoms with Crippen molar-refractivity contribution < 1.29 is 5.11 Å². The molecule has 3 N–H and O–H groups in total. The minimum Gasteiger partial charge on any atom is -0.395 e. The van der Waals surface area contributed by atoms with Crippen molar-refractivity contribution in [2.75, 3.05) is 41.8 Å². The molecule has 1 unspecified atom stereocenters. The molecule has 3 aromatic rings. The molecule has 2 aromatic heterocycles. The lowest BCUT2D eigenvalue weighted by molar-refractivity contribution is 0.191. The van der Waals surface area contributed by atoms with Crippen molar-refractivity contribution in [1.82, 2.24) is 19.9 Å². The molecular formula is C27H35N7O. The van der Waals surface area contributed by atoms with Crippen molar-refractivity contribution in [3.63, 3.8) is 0 Å². The molecule has 2 bridgehead atoms. The molecular weight excluding hydrogens is 438 g/mol. The molecule has 8 heteroatoms. The van der Waals surface area contributed by atoms with Gasteiger partial charge in [-0.2, -0.15) is 4.98 Å². The maximum absolute atomic E-state index is 9.34. The molecule has 2 saturated heterocycles. The summed E-state index contributed by atoms with van der Waals surface area (Å²) in [6.45, 7) is 9.17. The number of anilines is 3. The zero-order valence-corrected chi connectivity index (χ0v) is 20.7. The van der Waals surface area contributed by atoms with Gasteiger partial charge in [-0.15, -0.1) is 0 Å². The molecule has 184 valence electrons. The standard InChI is InChI=1S/C27H35N7O/c1-18(2)33-16-23-14-22(33)17-34(23)27-31-24(15-26(32-27)29-11-12-35)21-9-10-28-25(13-21)30-19(3)20-7-5-4-6-8-20/h4-10,13,15,18-19,22-23,35H,11-12,14,16-17H2,1-3H3,(H,28,30)(H,29,31,32)/t19-,22-,23?/m0/s1. The first kappa shape index (κ1) is 23.5. The van der Waals surface area contributed by atoms with Gasteiger partial charge in [0.15, 0.2) is 0 Å². The maximum Gasteiger partial charge on any atom is 0.228 e. The Labute approximate surface area is 207 Å². The molecule has 0 saturated carbocycles. The van der Waals surface area contributed by atoms with Gasteiger partial charge in [0.1, 0.15) is 11.6 Å². The normalized spacial score (nSPS) is 20.4. The summed E-state index contributed by atoms with van der Waals surface area (Å²) in [6, 6.07) is 18.0. The molecule has 3 atom stereocenters. The maximum atomic E-state index is 9.34. The number of piperazine rings is 1. The molecule has 0 amide bonds. The Morgan fingerprint density at radius 2 is 1.83 bits per heavy atom. The Morgan fingerprint density at radius 3 is 2.54 bits per heavy atom. The minimum absolute atomic E-state index is 0.0487. The molecule has 35 heavy (non-hydrogen) atoms. The van der Waals surface area contributed by atoms with Crippen LogP contribution in [0.2, 0.25) is 0 Å². The zero-order chi connectivity index (χ0) is 24.4. The van der Waals surface area contributed by atoms with Gasteiger partial charge >= 0.3 is 0 Å². The largest absolute Gasteiger partial charge is 0.395 e. The number of fused-ring (bicyclic) bond motifs is 2. The van der Waals surface area contributed by atoms with E-state index in [9.17, 15) is 5.11 Å². The second-order valence-corrected chi connectivity index (χ2v) is 9.78. The van der Waals surface area contributed by atoms with E-state index in [2.05, 4.69) is 58.3 Å². The summed E-state index contributed by atoms with van der Waals surface area (Å²) in [4.78, 5) is 19.3. The fourth-order valence-electron chi connectivity index (χ4n) is 5.28. The highest BCUT2D eigenvalue weighted by molar-refractivity contribution is 5.67. The molecule has 2 aliphatic heterocycles. The second kappa shape index (κ2) is 10.2. The highest BCUT2D eigenvalue weighted by atomic mass is 16.3. The van der Waals surface area contributed by atoms with E-state index < -0.39 is 0 Å². The summed E-state index contributed by atoms with van der Waals surface area (Å²) in [6.07, 6.45) is 2.97. The molecule has 0 radical (unpaired) electrons. The summed E-state index contributed by atoms with van der Waals surface area (Å²) in [5.74, 6) is 2.28. The van der Waals surface area contributed by atoms with Gasteiger partial charge in [0.05, 0.1) is 12.3 Å². The van der Waals surface area contributed by atoms with E-state index >= 15 is 0 Å². The molecule has 8 nitrogen and oxygen atoms in total. The lowest BCUT2D eigenvalue weighted by Crippen LogP contribution is -2.49. The molecule has 2 fully saturated rings. The number of aliphatic hydroxyl groups is 1. The Bertz CT molecular complexity index is 1140. The van der Waals surface area contributed by atoms with Crippen LogP contribution in [-0.4, -0.2) is 69.3 Å². The van der Waals surface area contributed by atoms with Crippen molar-refractivity contribution in [3.8, 4) is 11.3 Å². The van der Waals surface area contributed by atoms with Gasteiger partial charge in [-0.1, -0.05) is 30.3 Å². The predicted molar refractivity (Wildman–Crippen MR) is 141 cm³/mol. The second-order valence-electron chi connectivity index (χ2n) is 9.78. The average molecular weight is 474 g/mol. The van der Waals surface area contributed by atoms with Gasteiger partial charge in [0.25, 0.3) is 0 Å². The summed E-state index contributed by atoms with van der Waals surface area (Å²) < 4.78 is 0.